The van der Waals surface area contributed by atoms with Crippen molar-refractivity contribution in [2.24, 2.45) is 0 Å². The maximum absolute atomic E-state index is 12.0. The van der Waals surface area contributed by atoms with E-state index in [1.807, 2.05) is 6.07 Å². The molecule has 0 unspecified atom stereocenters. The Hall–Kier alpha value is -1.58. The van der Waals surface area contributed by atoms with Crippen molar-refractivity contribution in [2.75, 3.05) is 23.2 Å². The minimum atomic E-state index is -3.45. The second kappa shape index (κ2) is 6.38. The molecule has 18 heavy (non-hydrogen) atoms. The summed E-state index contributed by atoms with van der Waals surface area (Å²) in [4.78, 5) is 0. The van der Waals surface area contributed by atoms with E-state index in [0.29, 0.717) is 17.7 Å². The number of sulfonamides is 1. The van der Waals surface area contributed by atoms with Gasteiger partial charge >= 0.3 is 0 Å². The fourth-order valence-electron chi connectivity index (χ4n) is 1.57. The second-order valence-corrected chi connectivity index (χ2v) is 5.86. The van der Waals surface area contributed by atoms with Crippen LogP contribution in [0.3, 0.4) is 0 Å². The molecule has 1 rings (SSSR count). The Morgan fingerprint density at radius 3 is 2.61 bits per heavy atom. The molecule has 1 aromatic carbocycles. The summed E-state index contributed by atoms with van der Waals surface area (Å²) in [6.07, 6.45) is 0.332. The Morgan fingerprint density at radius 2 is 2.06 bits per heavy atom. The minimum Gasteiger partial charge on any atom is -0.396 e. The molecule has 0 amide bonds. The summed E-state index contributed by atoms with van der Waals surface area (Å²) in [5, 5.41) is 17.9. The van der Waals surface area contributed by atoms with Gasteiger partial charge in [-0.1, -0.05) is 12.1 Å². The number of hydrogen-bond donors (Lipinski definition) is 1. The van der Waals surface area contributed by atoms with E-state index in [9.17, 15) is 8.42 Å². The number of hydrogen-bond acceptors (Lipinski definition) is 4. The predicted molar refractivity (Wildman–Crippen MR) is 69.7 cm³/mol. The third kappa shape index (κ3) is 3.22. The van der Waals surface area contributed by atoms with Crippen LogP contribution in [-0.4, -0.2) is 32.4 Å². The lowest BCUT2D eigenvalue weighted by molar-refractivity contribution is 0.291. The largest absolute Gasteiger partial charge is 0.396 e. The lowest BCUT2D eigenvalue weighted by atomic mass is 10.2. The first-order chi connectivity index (χ1) is 8.56. The van der Waals surface area contributed by atoms with E-state index < -0.39 is 10.0 Å². The van der Waals surface area contributed by atoms with Gasteiger partial charge in [0.25, 0.3) is 0 Å². The number of rotatable bonds is 6. The van der Waals surface area contributed by atoms with Gasteiger partial charge in [-0.25, -0.2) is 8.42 Å². The molecule has 98 valence electrons. The summed E-state index contributed by atoms with van der Waals surface area (Å²) in [6.45, 7) is 1.63. The molecule has 0 spiro atoms. The van der Waals surface area contributed by atoms with Crippen molar-refractivity contribution in [3.8, 4) is 6.07 Å². The van der Waals surface area contributed by atoms with Crippen LogP contribution in [0.5, 0.6) is 0 Å². The minimum absolute atomic E-state index is 0.0435. The van der Waals surface area contributed by atoms with E-state index in [4.69, 9.17) is 10.4 Å². The average Bonchev–Trinajstić information content (AvgIpc) is 2.39. The zero-order chi connectivity index (χ0) is 13.6. The molecule has 1 N–H and O–H groups in total. The van der Waals surface area contributed by atoms with Crippen molar-refractivity contribution < 1.29 is 13.5 Å². The highest BCUT2D eigenvalue weighted by molar-refractivity contribution is 7.92. The monoisotopic (exact) mass is 268 g/mol. The Morgan fingerprint density at radius 1 is 1.39 bits per heavy atom. The summed E-state index contributed by atoms with van der Waals surface area (Å²) in [5.74, 6) is -0.0435. The van der Waals surface area contributed by atoms with Gasteiger partial charge in [0, 0.05) is 13.2 Å². The lowest BCUT2D eigenvalue weighted by Gasteiger charge is -2.24. The first-order valence-electron chi connectivity index (χ1n) is 5.67. The van der Waals surface area contributed by atoms with Gasteiger partial charge in [0.15, 0.2) is 0 Å². The Bertz CT molecular complexity index is 534. The van der Waals surface area contributed by atoms with Crippen LogP contribution in [0.25, 0.3) is 0 Å². The number of nitrogens with zero attached hydrogens (tertiary/aromatic N) is 2. The van der Waals surface area contributed by atoms with E-state index in [-0.39, 0.29) is 18.9 Å². The summed E-state index contributed by atoms with van der Waals surface area (Å²) in [7, 11) is -3.45. The van der Waals surface area contributed by atoms with Gasteiger partial charge in [0.2, 0.25) is 10.0 Å². The molecule has 0 heterocycles. The predicted octanol–water partition coefficient (Wildman–Crippen LogP) is 1.10. The summed E-state index contributed by atoms with van der Waals surface area (Å²) < 4.78 is 25.2. The molecule has 0 aliphatic heterocycles. The van der Waals surface area contributed by atoms with Crippen LogP contribution < -0.4 is 4.31 Å². The molecule has 0 bridgehead atoms. The average molecular weight is 268 g/mol. The fourth-order valence-corrected chi connectivity index (χ4v) is 2.74. The molecule has 0 aliphatic rings. The van der Waals surface area contributed by atoms with Crippen molar-refractivity contribution in [1.29, 1.82) is 5.26 Å². The number of anilines is 1. The topological polar surface area (TPSA) is 81.4 Å². The molecule has 0 atom stereocenters. The first kappa shape index (κ1) is 14.5. The third-order valence-corrected chi connectivity index (χ3v) is 4.29. The molecule has 0 fully saturated rings. The van der Waals surface area contributed by atoms with Gasteiger partial charge in [0.1, 0.15) is 6.07 Å². The number of para-hydroxylation sites is 1. The number of aliphatic hydroxyl groups excluding tert-OH is 1. The summed E-state index contributed by atoms with van der Waals surface area (Å²) in [6, 6.07) is 8.53. The quantitative estimate of drug-likeness (QED) is 0.837. The second-order valence-electron chi connectivity index (χ2n) is 3.68. The van der Waals surface area contributed by atoms with Crippen LogP contribution in [0, 0.1) is 11.3 Å². The highest BCUT2D eigenvalue weighted by Gasteiger charge is 2.22. The van der Waals surface area contributed by atoms with E-state index in [0.717, 1.165) is 0 Å². The number of aliphatic hydroxyl groups is 1. The molecule has 0 aliphatic carbocycles. The fraction of sp³-hybridized carbons (Fsp3) is 0.417. The van der Waals surface area contributed by atoms with Crippen molar-refractivity contribution in [3.63, 3.8) is 0 Å². The van der Waals surface area contributed by atoms with Gasteiger partial charge < -0.3 is 5.11 Å². The van der Waals surface area contributed by atoms with Crippen molar-refractivity contribution in [2.45, 2.75) is 13.3 Å². The normalized spacial score (nSPS) is 10.9. The number of benzene rings is 1. The molecule has 5 nitrogen and oxygen atoms in total. The Labute approximate surface area is 107 Å². The Kier molecular flexibility index (Phi) is 5.13. The zero-order valence-corrected chi connectivity index (χ0v) is 11.0. The first-order valence-corrected chi connectivity index (χ1v) is 7.28. The van der Waals surface area contributed by atoms with E-state index in [1.54, 1.807) is 31.2 Å². The number of nitriles is 1. The van der Waals surface area contributed by atoms with Crippen molar-refractivity contribution in [3.05, 3.63) is 29.8 Å². The van der Waals surface area contributed by atoms with E-state index in [2.05, 4.69) is 0 Å². The molecular weight excluding hydrogens is 252 g/mol. The van der Waals surface area contributed by atoms with Crippen molar-refractivity contribution >= 4 is 15.7 Å². The molecular formula is C12H16N2O3S. The summed E-state index contributed by atoms with van der Waals surface area (Å²) in [5.41, 5.74) is 0.683. The molecule has 0 radical (unpaired) electrons. The molecule has 6 heteroatoms. The highest BCUT2D eigenvalue weighted by atomic mass is 32.2. The SMILES string of the molecule is CCS(=O)(=O)N(CCCO)c1ccccc1C#N. The highest BCUT2D eigenvalue weighted by Crippen LogP contribution is 2.23. The van der Waals surface area contributed by atoms with Crippen molar-refractivity contribution in [1.82, 2.24) is 0 Å². The zero-order valence-electron chi connectivity index (χ0n) is 10.2. The van der Waals surface area contributed by atoms with Gasteiger partial charge in [-0.2, -0.15) is 5.26 Å². The lowest BCUT2D eigenvalue weighted by Crippen LogP contribution is -2.34. The van der Waals surface area contributed by atoms with Crippen LogP contribution in [0.1, 0.15) is 18.9 Å². The van der Waals surface area contributed by atoms with Crippen LogP contribution in [-0.2, 0) is 10.0 Å². The van der Waals surface area contributed by atoms with Crippen LogP contribution in [0.15, 0.2) is 24.3 Å². The summed E-state index contributed by atoms with van der Waals surface area (Å²) >= 11 is 0. The molecule has 0 saturated heterocycles. The van der Waals surface area contributed by atoms with Gasteiger partial charge in [-0.15, -0.1) is 0 Å². The Balaban J connectivity index is 3.23. The van der Waals surface area contributed by atoms with E-state index in [1.165, 1.54) is 4.31 Å². The van der Waals surface area contributed by atoms with Gasteiger partial charge in [0.05, 0.1) is 17.0 Å². The smallest absolute Gasteiger partial charge is 0.234 e. The van der Waals surface area contributed by atoms with Gasteiger partial charge in [-0.05, 0) is 25.5 Å². The maximum atomic E-state index is 12.0. The molecule has 1 aromatic rings. The standard InChI is InChI=1S/C12H16N2O3S/c1-2-18(16,17)14(8-5-9-15)12-7-4-3-6-11(12)10-13/h3-4,6-7,15H,2,5,8-9H2,1H3. The van der Waals surface area contributed by atoms with Crippen LogP contribution in [0.4, 0.5) is 5.69 Å². The van der Waals surface area contributed by atoms with Crippen LogP contribution in [0.2, 0.25) is 0 Å². The van der Waals surface area contributed by atoms with Crippen LogP contribution >= 0.6 is 0 Å². The third-order valence-electron chi connectivity index (χ3n) is 2.51. The van der Waals surface area contributed by atoms with E-state index >= 15 is 0 Å². The molecule has 0 aromatic heterocycles. The van der Waals surface area contributed by atoms with Gasteiger partial charge in [-0.3, -0.25) is 4.31 Å². The maximum Gasteiger partial charge on any atom is 0.234 e. The molecule has 0 saturated carbocycles.